The summed E-state index contributed by atoms with van der Waals surface area (Å²) in [6.45, 7) is 4.36. The van der Waals surface area contributed by atoms with Crippen LogP contribution in [-0.4, -0.2) is 31.3 Å². The van der Waals surface area contributed by atoms with E-state index in [0.717, 1.165) is 35.9 Å². The average Bonchev–Trinajstić information content (AvgIpc) is 2.96. The minimum atomic E-state index is 0.705. The van der Waals surface area contributed by atoms with Gasteiger partial charge in [-0.1, -0.05) is 23.7 Å². The van der Waals surface area contributed by atoms with Crippen molar-refractivity contribution < 1.29 is 0 Å². The molecule has 1 N–H and O–H groups in total. The van der Waals surface area contributed by atoms with Crippen LogP contribution in [0.25, 0.3) is 0 Å². The van der Waals surface area contributed by atoms with Gasteiger partial charge in [-0.15, -0.1) is 5.10 Å². The fraction of sp³-hybridized carbons (Fsp3) is 0.545. The topological polar surface area (TPSA) is 60.6 Å². The SMILES string of the molecule is CCc1nn(C)c(CNCCn2ccnn2)c1Cl. The van der Waals surface area contributed by atoms with Crippen molar-refractivity contribution in [1.29, 1.82) is 0 Å². The average molecular weight is 269 g/mol. The summed E-state index contributed by atoms with van der Waals surface area (Å²) in [5.41, 5.74) is 1.97. The molecule has 6 nitrogen and oxygen atoms in total. The third-order valence-corrected chi connectivity index (χ3v) is 3.22. The van der Waals surface area contributed by atoms with Crippen molar-refractivity contribution in [3.63, 3.8) is 0 Å². The highest BCUT2D eigenvalue weighted by Crippen LogP contribution is 2.20. The van der Waals surface area contributed by atoms with E-state index in [4.69, 9.17) is 11.6 Å². The zero-order valence-electron chi connectivity index (χ0n) is 10.6. The monoisotopic (exact) mass is 268 g/mol. The number of aromatic nitrogens is 5. The predicted octanol–water partition coefficient (Wildman–Crippen LogP) is 1.02. The van der Waals surface area contributed by atoms with E-state index in [1.165, 1.54) is 0 Å². The van der Waals surface area contributed by atoms with Crippen molar-refractivity contribution in [3.05, 3.63) is 28.8 Å². The second-order valence-corrected chi connectivity index (χ2v) is 4.41. The molecular formula is C11H17ClN6. The molecule has 0 bridgehead atoms. The molecule has 0 amide bonds. The first-order valence-corrected chi connectivity index (χ1v) is 6.35. The number of hydrogen-bond donors (Lipinski definition) is 1. The Hall–Kier alpha value is -1.40. The van der Waals surface area contributed by atoms with E-state index in [-0.39, 0.29) is 0 Å². The van der Waals surface area contributed by atoms with Gasteiger partial charge in [0.2, 0.25) is 0 Å². The summed E-state index contributed by atoms with van der Waals surface area (Å²) in [7, 11) is 1.92. The molecule has 2 heterocycles. The van der Waals surface area contributed by atoms with Crippen LogP contribution in [-0.2, 0) is 26.6 Å². The molecule has 2 rings (SSSR count). The molecule has 0 atom stereocenters. The van der Waals surface area contributed by atoms with E-state index in [1.807, 2.05) is 17.9 Å². The molecule has 0 saturated carbocycles. The standard InChI is InChI=1S/C11H17ClN6/c1-3-9-11(12)10(17(2)15-9)8-13-4-6-18-7-5-14-16-18/h5,7,13H,3-4,6,8H2,1-2H3. The molecule has 2 aromatic heterocycles. The summed E-state index contributed by atoms with van der Waals surface area (Å²) in [4.78, 5) is 0. The van der Waals surface area contributed by atoms with Gasteiger partial charge in [-0.3, -0.25) is 9.36 Å². The first-order valence-electron chi connectivity index (χ1n) is 5.97. The third-order valence-electron chi connectivity index (χ3n) is 2.79. The van der Waals surface area contributed by atoms with Crippen LogP contribution in [0.15, 0.2) is 12.4 Å². The molecule has 0 radical (unpaired) electrons. The molecule has 0 aliphatic carbocycles. The van der Waals surface area contributed by atoms with Gasteiger partial charge in [-0.05, 0) is 6.42 Å². The van der Waals surface area contributed by atoms with Crippen molar-refractivity contribution in [2.75, 3.05) is 6.54 Å². The summed E-state index contributed by atoms with van der Waals surface area (Å²) in [6.07, 6.45) is 4.37. The maximum Gasteiger partial charge on any atom is 0.0863 e. The van der Waals surface area contributed by atoms with E-state index in [0.29, 0.717) is 6.54 Å². The Morgan fingerprint density at radius 3 is 2.89 bits per heavy atom. The lowest BCUT2D eigenvalue weighted by atomic mass is 10.3. The molecule has 0 saturated heterocycles. The normalized spacial score (nSPS) is 11.1. The molecule has 7 heteroatoms. The van der Waals surface area contributed by atoms with Crippen LogP contribution in [0.1, 0.15) is 18.3 Å². The van der Waals surface area contributed by atoms with Gasteiger partial charge in [0.1, 0.15) is 0 Å². The Morgan fingerprint density at radius 2 is 2.28 bits per heavy atom. The lowest BCUT2D eigenvalue weighted by Crippen LogP contribution is -2.21. The molecule has 0 spiro atoms. The van der Waals surface area contributed by atoms with Gasteiger partial charge in [-0.2, -0.15) is 5.10 Å². The molecule has 0 fully saturated rings. The van der Waals surface area contributed by atoms with Gasteiger partial charge in [0.15, 0.2) is 0 Å². The molecular weight excluding hydrogens is 252 g/mol. The minimum Gasteiger partial charge on any atom is -0.309 e. The van der Waals surface area contributed by atoms with Gasteiger partial charge in [-0.25, -0.2) is 0 Å². The van der Waals surface area contributed by atoms with Crippen molar-refractivity contribution in [2.24, 2.45) is 7.05 Å². The van der Waals surface area contributed by atoms with Gasteiger partial charge in [0, 0.05) is 26.3 Å². The molecule has 18 heavy (non-hydrogen) atoms. The van der Waals surface area contributed by atoms with Crippen LogP contribution >= 0.6 is 11.6 Å². The quantitative estimate of drug-likeness (QED) is 0.795. The van der Waals surface area contributed by atoms with Crippen LogP contribution in [0.2, 0.25) is 5.02 Å². The highest BCUT2D eigenvalue weighted by molar-refractivity contribution is 6.31. The Kier molecular flexibility index (Phi) is 4.33. The largest absolute Gasteiger partial charge is 0.309 e. The maximum absolute atomic E-state index is 6.26. The van der Waals surface area contributed by atoms with E-state index in [2.05, 4.69) is 27.7 Å². The molecule has 98 valence electrons. The van der Waals surface area contributed by atoms with Crippen molar-refractivity contribution in [2.45, 2.75) is 26.4 Å². The van der Waals surface area contributed by atoms with Crippen LogP contribution in [0.5, 0.6) is 0 Å². The Labute approximate surface area is 111 Å². The fourth-order valence-corrected chi connectivity index (χ4v) is 2.12. The number of halogens is 1. The molecule has 0 aliphatic rings. The van der Waals surface area contributed by atoms with Crippen LogP contribution in [0.3, 0.4) is 0 Å². The lowest BCUT2D eigenvalue weighted by Gasteiger charge is -2.05. The van der Waals surface area contributed by atoms with Crippen LogP contribution < -0.4 is 5.32 Å². The molecule has 0 aliphatic heterocycles. The highest BCUT2D eigenvalue weighted by Gasteiger charge is 2.11. The maximum atomic E-state index is 6.26. The number of nitrogens with one attached hydrogen (secondary N) is 1. The van der Waals surface area contributed by atoms with Crippen molar-refractivity contribution in [3.8, 4) is 0 Å². The van der Waals surface area contributed by atoms with Gasteiger partial charge < -0.3 is 5.32 Å². The summed E-state index contributed by atoms with van der Waals surface area (Å²) in [6, 6.07) is 0. The third kappa shape index (κ3) is 2.88. The van der Waals surface area contributed by atoms with E-state index in [1.54, 1.807) is 10.9 Å². The zero-order valence-corrected chi connectivity index (χ0v) is 11.4. The second-order valence-electron chi connectivity index (χ2n) is 4.03. The van der Waals surface area contributed by atoms with Gasteiger partial charge in [0.05, 0.1) is 29.2 Å². The van der Waals surface area contributed by atoms with Gasteiger partial charge in [0.25, 0.3) is 0 Å². The summed E-state index contributed by atoms with van der Waals surface area (Å²) in [5, 5.41) is 16.1. The lowest BCUT2D eigenvalue weighted by molar-refractivity contribution is 0.530. The van der Waals surface area contributed by atoms with Crippen LogP contribution in [0, 0.1) is 0 Å². The van der Waals surface area contributed by atoms with Gasteiger partial charge >= 0.3 is 0 Å². The molecule has 2 aromatic rings. The minimum absolute atomic E-state index is 0.705. The number of nitrogens with zero attached hydrogens (tertiary/aromatic N) is 5. The molecule has 0 aromatic carbocycles. The Bertz CT molecular complexity index is 490. The highest BCUT2D eigenvalue weighted by atomic mass is 35.5. The fourth-order valence-electron chi connectivity index (χ4n) is 1.76. The summed E-state index contributed by atoms with van der Waals surface area (Å²) < 4.78 is 3.62. The Balaban J connectivity index is 1.85. The summed E-state index contributed by atoms with van der Waals surface area (Å²) >= 11 is 6.26. The Morgan fingerprint density at radius 1 is 1.44 bits per heavy atom. The van der Waals surface area contributed by atoms with E-state index in [9.17, 15) is 0 Å². The van der Waals surface area contributed by atoms with Crippen molar-refractivity contribution in [1.82, 2.24) is 30.1 Å². The number of aryl methyl sites for hydroxylation is 2. The van der Waals surface area contributed by atoms with E-state index >= 15 is 0 Å². The first kappa shape index (κ1) is 13.0. The van der Waals surface area contributed by atoms with E-state index < -0.39 is 0 Å². The molecule has 0 unspecified atom stereocenters. The van der Waals surface area contributed by atoms with Crippen molar-refractivity contribution >= 4 is 11.6 Å². The number of hydrogen-bond acceptors (Lipinski definition) is 4. The summed E-state index contributed by atoms with van der Waals surface area (Å²) in [5.74, 6) is 0. The first-order chi connectivity index (χ1) is 8.72. The zero-order chi connectivity index (χ0) is 13.0. The second kappa shape index (κ2) is 5.97. The number of rotatable bonds is 6. The van der Waals surface area contributed by atoms with Crippen LogP contribution in [0.4, 0.5) is 0 Å². The smallest absolute Gasteiger partial charge is 0.0863 e. The predicted molar refractivity (Wildman–Crippen MR) is 69.3 cm³/mol.